The first-order valence-electron chi connectivity index (χ1n) is 11.0. The SMILES string of the molecule is CN1C[C@@H](COCC2CC2)[C@]2(CCN(C(=O)C3[C@H]4COC[C@@H]34)C2)C1.O=C(O)C(F)(F)F. The minimum atomic E-state index is -5.08. The second kappa shape index (κ2) is 8.51. The van der Waals surface area contributed by atoms with Crippen molar-refractivity contribution in [1.29, 1.82) is 0 Å². The van der Waals surface area contributed by atoms with Gasteiger partial charge in [-0.3, -0.25) is 4.79 Å². The Morgan fingerprint density at radius 3 is 2.39 bits per heavy atom. The van der Waals surface area contributed by atoms with Crippen LogP contribution in [-0.2, 0) is 19.1 Å². The topological polar surface area (TPSA) is 79.3 Å². The van der Waals surface area contributed by atoms with Crippen molar-refractivity contribution in [2.75, 3.05) is 59.7 Å². The highest BCUT2D eigenvalue weighted by atomic mass is 19.4. The van der Waals surface area contributed by atoms with E-state index in [1.807, 2.05) is 0 Å². The number of rotatable bonds is 5. The molecule has 1 N–H and O–H groups in total. The first kappa shape index (κ1) is 22.8. The quantitative estimate of drug-likeness (QED) is 0.690. The van der Waals surface area contributed by atoms with Gasteiger partial charge >= 0.3 is 12.1 Å². The van der Waals surface area contributed by atoms with Crippen LogP contribution in [0.2, 0.25) is 0 Å². The number of ether oxygens (including phenoxy) is 2. The number of alkyl halides is 3. The van der Waals surface area contributed by atoms with E-state index in [2.05, 4.69) is 16.8 Å². The van der Waals surface area contributed by atoms with Gasteiger partial charge in [0.15, 0.2) is 0 Å². The number of carboxylic acids is 1. The van der Waals surface area contributed by atoms with E-state index in [4.69, 9.17) is 19.4 Å². The molecule has 3 saturated heterocycles. The summed E-state index contributed by atoms with van der Waals surface area (Å²) < 4.78 is 43.2. The number of carbonyl (C=O) groups excluding carboxylic acids is 1. The van der Waals surface area contributed by atoms with Gasteiger partial charge in [0.25, 0.3) is 0 Å². The molecule has 0 aromatic rings. The molecular formula is C21H31F3N2O5. The number of fused-ring (bicyclic) bond motifs is 1. The van der Waals surface area contributed by atoms with E-state index in [0.29, 0.717) is 23.7 Å². The number of aliphatic carboxylic acids is 1. The number of nitrogens with zero attached hydrogens (tertiary/aromatic N) is 2. The number of hydrogen-bond donors (Lipinski definition) is 1. The van der Waals surface area contributed by atoms with Crippen LogP contribution in [0.1, 0.15) is 19.3 Å². The molecule has 1 unspecified atom stereocenters. The maximum atomic E-state index is 12.9. The standard InChI is InChI=1S/C19H30N2O3.C2HF3O2/c1-20-6-14(8-23-7-13-2-3-13)19(11-20)4-5-21(12-19)18(22)17-15-9-24-10-16(15)17;3-2(4,5)1(6)7/h13-17H,2-12H2,1H3;(H,6,7)/t14-,15-,16+,17?,19+;/m0./s1. The molecule has 0 aromatic carbocycles. The summed E-state index contributed by atoms with van der Waals surface area (Å²) in [6, 6.07) is 0. The normalized spacial score (nSPS) is 37.0. The lowest BCUT2D eigenvalue weighted by Gasteiger charge is -2.30. The lowest BCUT2D eigenvalue weighted by molar-refractivity contribution is -0.192. The average molecular weight is 448 g/mol. The van der Waals surface area contributed by atoms with Gasteiger partial charge in [-0.15, -0.1) is 0 Å². The average Bonchev–Trinajstić information content (AvgIpc) is 3.49. The Morgan fingerprint density at radius 2 is 1.81 bits per heavy atom. The van der Waals surface area contributed by atoms with E-state index in [1.54, 1.807) is 0 Å². The van der Waals surface area contributed by atoms with Crippen LogP contribution in [0.3, 0.4) is 0 Å². The van der Waals surface area contributed by atoms with Crippen LogP contribution in [0.15, 0.2) is 0 Å². The summed E-state index contributed by atoms with van der Waals surface area (Å²) in [4.78, 5) is 26.4. The van der Waals surface area contributed by atoms with Gasteiger partial charge in [0.05, 0.1) is 19.8 Å². The third kappa shape index (κ3) is 5.01. The maximum absolute atomic E-state index is 12.9. The molecule has 5 aliphatic rings. The maximum Gasteiger partial charge on any atom is 0.490 e. The van der Waals surface area contributed by atoms with Gasteiger partial charge in [-0.05, 0) is 44.1 Å². The van der Waals surface area contributed by atoms with Gasteiger partial charge in [0, 0.05) is 50.0 Å². The predicted octanol–water partition coefficient (Wildman–Crippen LogP) is 1.72. The fourth-order valence-electron chi connectivity index (χ4n) is 5.56. The first-order chi connectivity index (χ1) is 14.6. The highest BCUT2D eigenvalue weighted by molar-refractivity contribution is 5.83. The van der Waals surface area contributed by atoms with Gasteiger partial charge in [-0.25, -0.2) is 4.79 Å². The third-order valence-corrected chi connectivity index (χ3v) is 7.53. The Morgan fingerprint density at radius 1 is 1.16 bits per heavy atom. The van der Waals surface area contributed by atoms with Crippen LogP contribution < -0.4 is 0 Å². The fourth-order valence-corrected chi connectivity index (χ4v) is 5.56. The van der Waals surface area contributed by atoms with Crippen molar-refractivity contribution in [3.8, 4) is 0 Å². The van der Waals surface area contributed by atoms with E-state index < -0.39 is 12.1 Å². The largest absolute Gasteiger partial charge is 0.490 e. The zero-order valence-corrected chi connectivity index (χ0v) is 17.8. The number of hydrogen-bond acceptors (Lipinski definition) is 5. The Bertz CT molecular complexity index is 691. The molecule has 7 nitrogen and oxygen atoms in total. The predicted molar refractivity (Wildman–Crippen MR) is 103 cm³/mol. The molecule has 31 heavy (non-hydrogen) atoms. The molecule has 3 heterocycles. The Balaban J connectivity index is 0.000000289. The number of halogens is 3. The van der Waals surface area contributed by atoms with Crippen LogP contribution in [-0.4, -0.2) is 92.6 Å². The van der Waals surface area contributed by atoms with Crippen molar-refractivity contribution in [3.05, 3.63) is 0 Å². The first-order valence-corrected chi connectivity index (χ1v) is 11.0. The summed E-state index contributed by atoms with van der Waals surface area (Å²) in [5.41, 5.74) is 0.272. The minimum absolute atomic E-state index is 0.272. The summed E-state index contributed by atoms with van der Waals surface area (Å²) in [5, 5.41) is 7.12. The highest BCUT2D eigenvalue weighted by Crippen LogP contribution is 2.53. The van der Waals surface area contributed by atoms with Crippen LogP contribution >= 0.6 is 0 Å². The lowest BCUT2D eigenvalue weighted by atomic mass is 9.77. The molecule has 5 rings (SSSR count). The third-order valence-electron chi connectivity index (χ3n) is 7.53. The zero-order chi connectivity index (χ0) is 22.4. The molecule has 3 aliphatic heterocycles. The second-order valence-electron chi connectivity index (χ2n) is 9.94. The molecular weight excluding hydrogens is 417 g/mol. The zero-order valence-electron chi connectivity index (χ0n) is 17.8. The second-order valence-corrected chi connectivity index (χ2v) is 9.94. The molecule has 5 fully saturated rings. The van der Waals surface area contributed by atoms with Crippen molar-refractivity contribution in [2.24, 2.45) is 35.0 Å². The van der Waals surface area contributed by atoms with E-state index in [9.17, 15) is 18.0 Å². The van der Waals surface area contributed by atoms with Crippen LogP contribution in [0, 0.1) is 35.0 Å². The van der Waals surface area contributed by atoms with Crippen LogP contribution in [0.4, 0.5) is 13.2 Å². The molecule has 2 aliphatic carbocycles. The lowest BCUT2D eigenvalue weighted by Crippen LogP contribution is -2.39. The molecule has 5 atom stereocenters. The molecule has 0 radical (unpaired) electrons. The van der Waals surface area contributed by atoms with Gasteiger partial charge in [-0.1, -0.05) is 0 Å². The van der Waals surface area contributed by atoms with E-state index in [0.717, 1.165) is 64.9 Å². The molecule has 176 valence electrons. The summed E-state index contributed by atoms with van der Waals surface area (Å²) >= 11 is 0. The van der Waals surface area contributed by atoms with Crippen molar-refractivity contribution in [1.82, 2.24) is 9.80 Å². The Hall–Kier alpha value is -1.39. The monoisotopic (exact) mass is 448 g/mol. The smallest absolute Gasteiger partial charge is 0.475 e. The van der Waals surface area contributed by atoms with Gasteiger partial charge in [0.2, 0.25) is 5.91 Å². The van der Waals surface area contributed by atoms with Crippen molar-refractivity contribution in [2.45, 2.75) is 25.4 Å². The molecule has 0 bridgehead atoms. The summed E-state index contributed by atoms with van der Waals surface area (Å²) in [5.74, 6) is 0.401. The Kier molecular flexibility index (Phi) is 6.26. The van der Waals surface area contributed by atoms with Crippen LogP contribution in [0.5, 0.6) is 0 Å². The number of likely N-dealkylation sites (tertiary alicyclic amines) is 2. The van der Waals surface area contributed by atoms with E-state index in [-0.39, 0.29) is 11.3 Å². The number of carbonyl (C=O) groups is 2. The Labute approximate surface area is 179 Å². The summed E-state index contributed by atoms with van der Waals surface area (Å²) in [6.07, 6.45) is -1.23. The summed E-state index contributed by atoms with van der Waals surface area (Å²) in [6.45, 7) is 7.58. The van der Waals surface area contributed by atoms with Crippen molar-refractivity contribution >= 4 is 11.9 Å². The highest BCUT2D eigenvalue weighted by Gasteiger charge is 2.60. The molecule has 1 amide bonds. The van der Waals surface area contributed by atoms with Gasteiger partial charge in [-0.2, -0.15) is 13.2 Å². The summed E-state index contributed by atoms with van der Waals surface area (Å²) in [7, 11) is 2.22. The van der Waals surface area contributed by atoms with Crippen LogP contribution in [0.25, 0.3) is 0 Å². The molecule has 2 saturated carbocycles. The van der Waals surface area contributed by atoms with E-state index >= 15 is 0 Å². The molecule has 1 spiro atoms. The molecule has 10 heteroatoms. The van der Waals surface area contributed by atoms with Gasteiger partial charge < -0.3 is 24.4 Å². The minimum Gasteiger partial charge on any atom is -0.475 e. The van der Waals surface area contributed by atoms with E-state index in [1.165, 1.54) is 12.8 Å². The van der Waals surface area contributed by atoms with Crippen molar-refractivity contribution < 1.29 is 37.3 Å². The van der Waals surface area contributed by atoms with Gasteiger partial charge in [0.1, 0.15) is 0 Å². The fraction of sp³-hybridized carbons (Fsp3) is 0.905. The number of carboxylic acid groups (broad SMARTS) is 1. The number of amides is 1. The molecule has 0 aromatic heterocycles. The van der Waals surface area contributed by atoms with Crippen molar-refractivity contribution in [3.63, 3.8) is 0 Å².